The molecule has 0 rings (SSSR count). The fraction of sp³-hybridized carbons (Fsp3) is 0.571. The molecule has 11 heavy (non-hydrogen) atoms. The van der Waals surface area contributed by atoms with Gasteiger partial charge in [-0.3, -0.25) is 0 Å². The van der Waals surface area contributed by atoms with Gasteiger partial charge in [-0.1, -0.05) is 13.3 Å². The van der Waals surface area contributed by atoms with Crippen molar-refractivity contribution in [3.8, 4) is 0 Å². The molecule has 0 heterocycles. The lowest BCUT2D eigenvalue weighted by Crippen LogP contribution is -2.07. The molecule has 0 fully saturated rings. The van der Waals surface area contributed by atoms with Crippen LogP contribution in [0, 0.1) is 0 Å². The molecule has 0 radical (unpaired) electrons. The predicted octanol–water partition coefficient (Wildman–Crippen LogP) is 1.53. The zero-order valence-corrected chi connectivity index (χ0v) is 7.57. The highest BCUT2D eigenvalue weighted by Crippen LogP contribution is 2.04. The first-order valence-electron chi connectivity index (χ1n) is 3.28. The number of hydrogen-bond donors (Lipinski definition) is 2. The van der Waals surface area contributed by atoms with Gasteiger partial charge in [-0.2, -0.15) is 0 Å². The summed E-state index contributed by atoms with van der Waals surface area (Å²) >= 11 is 0. The summed E-state index contributed by atoms with van der Waals surface area (Å²) in [6, 6.07) is 0. The molecular formula is C7H14ClNO2. The number of halogens is 1. The Morgan fingerprint density at radius 1 is 1.55 bits per heavy atom. The summed E-state index contributed by atoms with van der Waals surface area (Å²) < 4.78 is 0. The smallest absolute Gasteiger partial charge is 0.333 e. The molecular weight excluding hydrogens is 166 g/mol. The van der Waals surface area contributed by atoms with Crippen molar-refractivity contribution in [2.24, 2.45) is 5.73 Å². The van der Waals surface area contributed by atoms with Crippen molar-refractivity contribution in [1.29, 1.82) is 0 Å². The number of aliphatic carboxylic acids is 1. The minimum atomic E-state index is -0.925. The fourth-order valence-electron chi connectivity index (χ4n) is 0.594. The van der Waals surface area contributed by atoms with Crippen molar-refractivity contribution in [1.82, 2.24) is 0 Å². The Hall–Kier alpha value is -0.700. The third-order valence-electron chi connectivity index (χ3n) is 1.32. The highest BCUT2D eigenvalue weighted by atomic mass is 35.5. The zero-order valence-electron chi connectivity index (χ0n) is 6.76. The predicted molar refractivity (Wildman–Crippen MR) is 46.7 cm³/mol. The molecule has 0 aromatic rings. The summed E-state index contributed by atoms with van der Waals surface area (Å²) in [7, 11) is 0. The van der Waals surface area contributed by atoms with E-state index in [1.807, 2.05) is 6.92 Å². The van der Waals surface area contributed by atoms with E-state index in [1.54, 1.807) is 0 Å². The minimum Gasteiger partial charge on any atom is -0.478 e. The third kappa shape index (κ3) is 4.67. The molecule has 0 saturated carbocycles. The zero-order chi connectivity index (χ0) is 8.15. The van der Waals surface area contributed by atoms with E-state index in [0.717, 1.165) is 6.42 Å². The van der Waals surface area contributed by atoms with Gasteiger partial charge in [0.2, 0.25) is 0 Å². The second-order valence-electron chi connectivity index (χ2n) is 2.21. The first-order chi connectivity index (χ1) is 4.59. The van der Waals surface area contributed by atoms with Crippen LogP contribution in [0.15, 0.2) is 11.3 Å². The van der Waals surface area contributed by atoms with Gasteiger partial charge >= 0.3 is 5.97 Å². The molecule has 66 valence electrons. The average Bonchev–Trinajstić information content (AvgIpc) is 1.87. The number of carboxylic acid groups (broad SMARTS) is 1. The number of nitrogens with two attached hydrogens (primary N) is 1. The van der Waals surface area contributed by atoms with Crippen LogP contribution in [0.1, 0.15) is 26.7 Å². The molecule has 3 nitrogen and oxygen atoms in total. The normalized spacial score (nSPS) is 11.5. The highest BCUT2D eigenvalue weighted by molar-refractivity contribution is 5.86. The molecule has 0 aromatic carbocycles. The van der Waals surface area contributed by atoms with Crippen LogP contribution in [-0.2, 0) is 4.79 Å². The maximum atomic E-state index is 10.3. The minimum absolute atomic E-state index is 0. The molecule has 0 saturated heterocycles. The van der Waals surface area contributed by atoms with Gasteiger partial charge in [0.25, 0.3) is 0 Å². The van der Waals surface area contributed by atoms with Crippen molar-refractivity contribution >= 4 is 18.4 Å². The van der Waals surface area contributed by atoms with E-state index in [0.29, 0.717) is 12.1 Å². The maximum absolute atomic E-state index is 10.3. The summed E-state index contributed by atoms with van der Waals surface area (Å²) in [5.74, 6) is -0.925. The lowest BCUT2D eigenvalue weighted by atomic mass is 10.1. The lowest BCUT2D eigenvalue weighted by Gasteiger charge is -2.00. The summed E-state index contributed by atoms with van der Waals surface area (Å²) in [5, 5.41) is 8.44. The quantitative estimate of drug-likeness (QED) is 0.646. The standard InChI is InChI=1S/C7H13NO2.ClH/c1-3-4-6(8)5(2)7(9)10;/h3-4,8H2,1-2H3,(H,9,10);1H/b6-5+;. The van der Waals surface area contributed by atoms with Crippen LogP contribution in [0.2, 0.25) is 0 Å². The van der Waals surface area contributed by atoms with E-state index >= 15 is 0 Å². The summed E-state index contributed by atoms with van der Waals surface area (Å²) in [4.78, 5) is 10.3. The van der Waals surface area contributed by atoms with Gasteiger partial charge in [0.15, 0.2) is 0 Å². The van der Waals surface area contributed by atoms with Crippen molar-refractivity contribution in [2.45, 2.75) is 26.7 Å². The Bertz CT molecular complexity index is 166. The number of carboxylic acids is 1. The molecule has 0 aliphatic rings. The molecule has 4 heteroatoms. The van der Waals surface area contributed by atoms with Crippen molar-refractivity contribution in [2.75, 3.05) is 0 Å². The summed E-state index contributed by atoms with van der Waals surface area (Å²) in [5.41, 5.74) is 6.17. The Labute approximate surface area is 72.7 Å². The Morgan fingerprint density at radius 3 is 2.27 bits per heavy atom. The van der Waals surface area contributed by atoms with E-state index in [4.69, 9.17) is 10.8 Å². The molecule has 3 N–H and O–H groups in total. The second kappa shape index (κ2) is 6.04. The molecule has 0 spiro atoms. The van der Waals surface area contributed by atoms with E-state index in [9.17, 15) is 4.79 Å². The van der Waals surface area contributed by atoms with Crippen LogP contribution >= 0.6 is 12.4 Å². The SMILES string of the molecule is CCC/C(N)=C(/C)C(=O)O.Cl. The average molecular weight is 180 g/mol. The molecule has 0 amide bonds. The third-order valence-corrected chi connectivity index (χ3v) is 1.32. The second-order valence-corrected chi connectivity index (χ2v) is 2.21. The van der Waals surface area contributed by atoms with E-state index in [2.05, 4.69) is 0 Å². The van der Waals surface area contributed by atoms with E-state index in [1.165, 1.54) is 6.92 Å². The van der Waals surface area contributed by atoms with Gasteiger partial charge in [-0.25, -0.2) is 4.79 Å². The van der Waals surface area contributed by atoms with Crippen LogP contribution < -0.4 is 5.73 Å². The molecule has 0 atom stereocenters. The van der Waals surface area contributed by atoms with Crippen LogP contribution in [-0.4, -0.2) is 11.1 Å². The lowest BCUT2D eigenvalue weighted by molar-refractivity contribution is -0.132. The Kier molecular flexibility index (Phi) is 7.10. The van der Waals surface area contributed by atoms with Gasteiger partial charge in [0.05, 0.1) is 5.57 Å². The van der Waals surface area contributed by atoms with Crippen molar-refractivity contribution < 1.29 is 9.90 Å². The molecule has 0 bridgehead atoms. The molecule has 0 unspecified atom stereocenters. The van der Waals surface area contributed by atoms with Gasteiger partial charge in [-0.15, -0.1) is 12.4 Å². The monoisotopic (exact) mass is 179 g/mol. The topological polar surface area (TPSA) is 63.3 Å². The van der Waals surface area contributed by atoms with Crippen LogP contribution in [0.3, 0.4) is 0 Å². The van der Waals surface area contributed by atoms with E-state index in [-0.39, 0.29) is 18.0 Å². The molecule has 0 aliphatic carbocycles. The number of allylic oxidation sites excluding steroid dienone is 1. The first-order valence-corrected chi connectivity index (χ1v) is 3.28. The van der Waals surface area contributed by atoms with E-state index < -0.39 is 5.97 Å². The fourth-order valence-corrected chi connectivity index (χ4v) is 0.594. The first kappa shape index (κ1) is 12.9. The largest absolute Gasteiger partial charge is 0.478 e. The maximum Gasteiger partial charge on any atom is 0.333 e. The van der Waals surface area contributed by atoms with Gasteiger partial charge in [0.1, 0.15) is 0 Å². The Morgan fingerprint density at radius 2 is 2.00 bits per heavy atom. The number of carbonyl (C=O) groups is 1. The summed E-state index contributed by atoms with van der Waals surface area (Å²) in [6.45, 7) is 3.48. The molecule has 0 aromatic heterocycles. The highest BCUT2D eigenvalue weighted by Gasteiger charge is 2.03. The van der Waals surface area contributed by atoms with Crippen LogP contribution in [0.4, 0.5) is 0 Å². The van der Waals surface area contributed by atoms with Crippen LogP contribution in [0.5, 0.6) is 0 Å². The van der Waals surface area contributed by atoms with Gasteiger partial charge in [0, 0.05) is 5.70 Å². The Balaban J connectivity index is 0. The number of rotatable bonds is 3. The van der Waals surface area contributed by atoms with Gasteiger partial charge in [-0.05, 0) is 13.3 Å². The van der Waals surface area contributed by atoms with Gasteiger partial charge < -0.3 is 10.8 Å². The summed E-state index contributed by atoms with van der Waals surface area (Å²) in [6.07, 6.45) is 1.55. The van der Waals surface area contributed by atoms with Crippen LogP contribution in [0.25, 0.3) is 0 Å². The van der Waals surface area contributed by atoms with Crippen molar-refractivity contribution in [3.05, 3.63) is 11.3 Å². The molecule has 0 aliphatic heterocycles. The van der Waals surface area contributed by atoms with Crippen molar-refractivity contribution in [3.63, 3.8) is 0 Å². The number of hydrogen-bond acceptors (Lipinski definition) is 2.